The average molecular weight is 346 g/mol. The van der Waals surface area contributed by atoms with Gasteiger partial charge in [0.15, 0.2) is 19.7 Å². The summed E-state index contributed by atoms with van der Waals surface area (Å²) in [4.78, 5) is 0. The summed E-state index contributed by atoms with van der Waals surface area (Å²) in [6.07, 6.45) is -2.46. The molecule has 0 fully saturated rings. The van der Waals surface area contributed by atoms with Crippen LogP contribution in [0.3, 0.4) is 0 Å². The predicted octanol–water partition coefficient (Wildman–Crippen LogP) is 0.870. The fraction of sp³-hybridized carbons (Fsp3) is 0.286. The van der Waals surface area contributed by atoms with Crippen molar-refractivity contribution in [2.24, 2.45) is 0 Å². The van der Waals surface area contributed by atoms with Gasteiger partial charge in [-0.05, 0) is 11.1 Å². The Morgan fingerprint density at radius 1 is 0.818 bits per heavy atom. The van der Waals surface area contributed by atoms with Crippen molar-refractivity contribution < 1.29 is 27.0 Å². The molecule has 1 aromatic carbocycles. The van der Waals surface area contributed by atoms with Gasteiger partial charge in [-0.3, -0.25) is 0 Å². The van der Waals surface area contributed by atoms with Crippen LogP contribution < -0.4 is 0 Å². The summed E-state index contributed by atoms with van der Waals surface area (Å²) in [7, 11) is -7.09. The second-order valence-corrected chi connectivity index (χ2v) is 8.68. The maximum atomic E-state index is 11.4. The number of aliphatic hydroxyl groups is 2. The first-order valence-corrected chi connectivity index (χ1v) is 9.69. The largest absolute Gasteiger partial charge is 0.387 e. The van der Waals surface area contributed by atoms with E-state index in [2.05, 4.69) is 13.2 Å². The highest BCUT2D eigenvalue weighted by molar-refractivity contribution is 7.94. The third kappa shape index (κ3) is 5.38. The Kier molecular flexibility index (Phi) is 6.07. The molecule has 6 nitrogen and oxygen atoms in total. The minimum absolute atomic E-state index is 0.341. The highest BCUT2D eigenvalue weighted by Gasteiger charge is 2.18. The van der Waals surface area contributed by atoms with Gasteiger partial charge in [-0.2, -0.15) is 0 Å². The van der Waals surface area contributed by atoms with E-state index in [4.69, 9.17) is 0 Å². The molecule has 1 rings (SSSR count). The predicted molar refractivity (Wildman–Crippen MR) is 84.3 cm³/mol. The van der Waals surface area contributed by atoms with Crippen molar-refractivity contribution >= 4 is 19.7 Å². The molecule has 0 spiro atoms. The van der Waals surface area contributed by atoms with Gasteiger partial charge < -0.3 is 10.2 Å². The minimum Gasteiger partial charge on any atom is -0.387 e. The van der Waals surface area contributed by atoms with E-state index in [1.165, 1.54) is 24.3 Å². The normalized spacial score (nSPS) is 15.0. The average Bonchev–Trinajstić information content (AvgIpc) is 2.46. The number of sulfone groups is 2. The van der Waals surface area contributed by atoms with Crippen molar-refractivity contribution in [3.63, 3.8) is 0 Å². The van der Waals surface area contributed by atoms with Crippen LogP contribution in [-0.2, 0) is 19.7 Å². The van der Waals surface area contributed by atoms with Crippen LogP contribution in [0.4, 0.5) is 0 Å². The molecule has 0 heterocycles. The lowest BCUT2D eigenvalue weighted by Crippen LogP contribution is -2.13. The van der Waals surface area contributed by atoms with Crippen LogP contribution in [0.2, 0.25) is 0 Å². The number of hydrogen-bond acceptors (Lipinski definition) is 6. The van der Waals surface area contributed by atoms with Crippen LogP contribution in [0, 0.1) is 0 Å². The molecule has 22 heavy (non-hydrogen) atoms. The maximum absolute atomic E-state index is 11.4. The highest BCUT2D eigenvalue weighted by atomic mass is 32.2. The smallest absolute Gasteiger partial charge is 0.173 e. The molecule has 0 aliphatic rings. The summed E-state index contributed by atoms with van der Waals surface area (Å²) in [5.74, 6) is -0.994. The topological polar surface area (TPSA) is 109 Å². The van der Waals surface area contributed by atoms with E-state index in [0.29, 0.717) is 11.1 Å². The Labute approximate surface area is 130 Å². The SMILES string of the molecule is C=CS(=O)(=O)CC(O)c1ccc(C(O)CS(=O)(=O)C=C)cc1. The molecule has 122 valence electrons. The van der Waals surface area contributed by atoms with E-state index in [0.717, 1.165) is 10.8 Å². The molecule has 2 N–H and O–H groups in total. The molecule has 8 heteroatoms. The molecule has 0 saturated heterocycles. The molecule has 2 atom stereocenters. The van der Waals surface area contributed by atoms with Gasteiger partial charge in [-0.25, -0.2) is 16.8 Å². The molecule has 0 aromatic heterocycles. The molecule has 0 saturated carbocycles. The molecule has 0 amide bonds. The van der Waals surface area contributed by atoms with E-state index < -0.39 is 43.4 Å². The lowest BCUT2D eigenvalue weighted by molar-refractivity contribution is 0.198. The highest BCUT2D eigenvalue weighted by Crippen LogP contribution is 2.20. The Morgan fingerprint density at radius 2 is 1.09 bits per heavy atom. The molecular weight excluding hydrogens is 328 g/mol. The molecule has 1 aromatic rings. The van der Waals surface area contributed by atoms with E-state index in [1.54, 1.807) is 0 Å². The summed E-state index contributed by atoms with van der Waals surface area (Å²) in [6.45, 7) is 6.32. The van der Waals surface area contributed by atoms with Crippen LogP contribution in [0.1, 0.15) is 23.3 Å². The van der Waals surface area contributed by atoms with Gasteiger partial charge in [0.25, 0.3) is 0 Å². The van der Waals surface area contributed by atoms with Gasteiger partial charge >= 0.3 is 0 Å². The van der Waals surface area contributed by atoms with Gasteiger partial charge in [0.05, 0.1) is 23.7 Å². The van der Waals surface area contributed by atoms with Gasteiger partial charge in [-0.15, -0.1) is 0 Å². The van der Waals surface area contributed by atoms with Gasteiger partial charge in [-0.1, -0.05) is 37.4 Å². The molecule has 0 radical (unpaired) electrons. The van der Waals surface area contributed by atoms with E-state index >= 15 is 0 Å². The summed E-state index contributed by atoms with van der Waals surface area (Å²) >= 11 is 0. The summed E-state index contributed by atoms with van der Waals surface area (Å²) in [6, 6.07) is 5.73. The van der Waals surface area contributed by atoms with Gasteiger partial charge in [0, 0.05) is 10.8 Å². The van der Waals surface area contributed by atoms with Crippen molar-refractivity contribution in [1.82, 2.24) is 0 Å². The van der Waals surface area contributed by atoms with Gasteiger partial charge in [0.1, 0.15) is 0 Å². The Morgan fingerprint density at radius 3 is 1.32 bits per heavy atom. The Bertz CT molecular complexity index is 667. The third-order valence-electron chi connectivity index (χ3n) is 2.99. The van der Waals surface area contributed by atoms with Crippen molar-refractivity contribution in [3.05, 3.63) is 59.4 Å². The minimum atomic E-state index is -3.55. The zero-order valence-corrected chi connectivity index (χ0v) is 13.4. The lowest BCUT2D eigenvalue weighted by atomic mass is 10.1. The van der Waals surface area contributed by atoms with E-state index in [1.807, 2.05) is 0 Å². The van der Waals surface area contributed by atoms with Crippen LogP contribution in [0.5, 0.6) is 0 Å². The second-order valence-electron chi connectivity index (χ2n) is 4.69. The molecular formula is C14H18O6S2. The number of rotatable bonds is 8. The first kappa shape index (κ1) is 18.6. The zero-order chi connectivity index (χ0) is 17.0. The molecule has 0 aliphatic heterocycles. The van der Waals surface area contributed by atoms with Crippen LogP contribution in [-0.4, -0.2) is 38.6 Å². The third-order valence-corrected chi connectivity index (χ3v) is 5.57. The van der Waals surface area contributed by atoms with Gasteiger partial charge in [0.2, 0.25) is 0 Å². The maximum Gasteiger partial charge on any atom is 0.173 e. The zero-order valence-electron chi connectivity index (χ0n) is 11.8. The molecule has 0 aliphatic carbocycles. The monoisotopic (exact) mass is 346 g/mol. The Hall–Kier alpha value is -1.48. The number of benzene rings is 1. The van der Waals surface area contributed by atoms with Crippen molar-refractivity contribution in [2.45, 2.75) is 12.2 Å². The first-order chi connectivity index (χ1) is 10.1. The summed E-state index contributed by atoms with van der Waals surface area (Å²) in [5, 5.41) is 21.2. The lowest BCUT2D eigenvalue weighted by Gasteiger charge is -2.13. The molecule has 2 unspecified atom stereocenters. The van der Waals surface area contributed by atoms with E-state index in [9.17, 15) is 27.0 Å². The Balaban J connectivity index is 2.86. The van der Waals surface area contributed by atoms with Crippen LogP contribution >= 0.6 is 0 Å². The fourth-order valence-corrected chi connectivity index (χ4v) is 3.25. The summed E-state index contributed by atoms with van der Waals surface area (Å²) in [5.41, 5.74) is 0.681. The fourth-order valence-electron chi connectivity index (χ4n) is 1.71. The van der Waals surface area contributed by atoms with Crippen molar-refractivity contribution in [1.29, 1.82) is 0 Å². The first-order valence-electron chi connectivity index (χ1n) is 6.26. The number of aliphatic hydroxyl groups excluding tert-OH is 2. The summed E-state index contributed by atoms with van der Waals surface area (Å²) < 4.78 is 45.4. The quantitative estimate of drug-likeness (QED) is 0.723. The van der Waals surface area contributed by atoms with E-state index in [-0.39, 0.29) is 0 Å². The molecule has 0 bridgehead atoms. The van der Waals surface area contributed by atoms with Crippen LogP contribution in [0.15, 0.2) is 48.2 Å². The van der Waals surface area contributed by atoms with Crippen molar-refractivity contribution in [3.8, 4) is 0 Å². The standard InChI is InChI=1S/C14H18O6S2/c1-3-21(17,18)9-13(15)11-5-7-12(8-6-11)14(16)10-22(19,20)4-2/h3-8,13-16H,1-2,9-10H2. The van der Waals surface area contributed by atoms with Crippen LogP contribution in [0.25, 0.3) is 0 Å². The van der Waals surface area contributed by atoms with Crippen molar-refractivity contribution in [2.75, 3.05) is 11.5 Å². The second kappa shape index (κ2) is 7.19. The number of hydrogen-bond donors (Lipinski definition) is 2.